The zero-order valence-electron chi connectivity index (χ0n) is 12.5. The highest BCUT2D eigenvalue weighted by Gasteiger charge is 2.10. The van der Waals surface area contributed by atoms with E-state index in [4.69, 9.17) is 0 Å². The predicted octanol–water partition coefficient (Wildman–Crippen LogP) is 4.06. The molecule has 1 heterocycles. The monoisotopic (exact) mass is 268 g/mol. The minimum absolute atomic E-state index is 0.413. The lowest BCUT2D eigenvalue weighted by atomic mass is 9.99. The van der Waals surface area contributed by atoms with E-state index >= 15 is 0 Å². The highest BCUT2D eigenvalue weighted by molar-refractivity contribution is 5.20. The number of pyridine rings is 1. The number of hydrogen-bond acceptors (Lipinski definition) is 2. The van der Waals surface area contributed by atoms with E-state index in [-0.39, 0.29) is 0 Å². The van der Waals surface area contributed by atoms with Crippen LogP contribution in [0.5, 0.6) is 0 Å². The zero-order valence-corrected chi connectivity index (χ0v) is 12.5. The summed E-state index contributed by atoms with van der Waals surface area (Å²) < 4.78 is 0. The standard InChI is InChI=1S/C18H24N2/c1-3-20-18(17-12-15(2)13-19-14-17)11-7-10-16-8-5-4-6-9-16/h4-6,8-9,12-14,18,20H,3,7,10-11H2,1-2H3. The lowest BCUT2D eigenvalue weighted by molar-refractivity contribution is 0.496. The lowest BCUT2D eigenvalue weighted by Gasteiger charge is -2.18. The molecule has 1 unspecified atom stereocenters. The zero-order chi connectivity index (χ0) is 14.2. The van der Waals surface area contributed by atoms with Gasteiger partial charge in [0.05, 0.1) is 0 Å². The molecule has 106 valence electrons. The molecule has 1 aromatic carbocycles. The SMILES string of the molecule is CCNC(CCCc1ccccc1)c1cncc(C)c1. The van der Waals surface area contributed by atoms with Crippen molar-refractivity contribution >= 4 is 0 Å². The number of nitrogens with zero attached hydrogens (tertiary/aromatic N) is 1. The molecule has 0 aliphatic heterocycles. The molecule has 2 aromatic rings. The summed E-state index contributed by atoms with van der Waals surface area (Å²) in [6.45, 7) is 5.25. The van der Waals surface area contributed by atoms with E-state index in [1.54, 1.807) is 0 Å². The Balaban J connectivity index is 1.92. The van der Waals surface area contributed by atoms with E-state index in [2.05, 4.69) is 60.5 Å². The van der Waals surface area contributed by atoms with E-state index in [1.165, 1.54) is 23.1 Å². The molecule has 0 radical (unpaired) electrons. The summed E-state index contributed by atoms with van der Waals surface area (Å²) in [4.78, 5) is 4.31. The number of aromatic nitrogens is 1. The molecular formula is C18H24N2. The van der Waals surface area contributed by atoms with Crippen LogP contribution in [0.3, 0.4) is 0 Å². The minimum Gasteiger partial charge on any atom is -0.310 e. The fourth-order valence-electron chi connectivity index (χ4n) is 2.56. The average Bonchev–Trinajstić information content (AvgIpc) is 2.47. The minimum atomic E-state index is 0.413. The maximum Gasteiger partial charge on any atom is 0.0335 e. The molecule has 0 saturated heterocycles. The summed E-state index contributed by atoms with van der Waals surface area (Å²) in [5, 5.41) is 3.57. The Kier molecular flexibility index (Phi) is 5.75. The topological polar surface area (TPSA) is 24.9 Å². The third-order valence-corrected chi connectivity index (χ3v) is 3.55. The molecule has 2 nitrogen and oxygen atoms in total. The van der Waals surface area contributed by atoms with Crippen molar-refractivity contribution in [2.24, 2.45) is 0 Å². The molecule has 0 spiro atoms. The number of hydrogen-bond donors (Lipinski definition) is 1. The van der Waals surface area contributed by atoms with Gasteiger partial charge in [0.15, 0.2) is 0 Å². The van der Waals surface area contributed by atoms with Crippen LogP contribution in [0, 0.1) is 6.92 Å². The summed E-state index contributed by atoms with van der Waals surface area (Å²) in [5.74, 6) is 0. The van der Waals surface area contributed by atoms with Crippen LogP contribution in [0.4, 0.5) is 0 Å². The molecule has 0 saturated carbocycles. The van der Waals surface area contributed by atoms with Gasteiger partial charge >= 0.3 is 0 Å². The third kappa shape index (κ3) is 4.46. The van der Waals surface area contributed by atoms with Gasteiger partial charge in [-0.1, -0.05) is 43.3 Å². The van der Waals surface area contributed by atoms with E-state index < -0.39 is 0 Å². The van der Waals surface area contributed by atoms with E-state index in [9.17, 15) is 0 Å². The highest BCUT2D eigenvalue weighted by atomic mass is 14.9. The second kappa shape index (κ2) is 7.81. The van der Waals surface area contributed by atoms with Gasteiger partial charge in [-0.2, -0.15) is 0 Å². The Morgan fingerprint density at radius 1 is 1.15 bits per heavy atom. The van der Waals surface area contributed by atoms with Crippen molar-refractivity contribution in [3.05, 3.63) is 65.5 Å². The first-order valence-electron chi connectivity index (χ1n) is 7.48. The van der Waals surface area contributed by atoms with Crippen LogP contribution in [0.15, 0.2) is 48.8 Å². The largest absolute Gasteiger partial charge is 0.310 e. The first kappa shape index (κ1) is 14.7. The molecule has 0 aliphatic carbocycles. The predicted molar refractivity (Wildman–Crippen MR) is 84.8 cm³/mol. The van der Waals surface area contributed by atoms with E-state index in [0.717, 1.165) is 19.4 Å². The molecule has 1 atom stereocenters. The Labute approximate surface area is 122 Å². The van der Waals surface area contributed by atoms with Gasteiger partial charge in [0.2, 0.25) is 0 Å². The van der Waals surface area contributed by atoms with E-state index in [0.29, 0.717) is 6.04 Å². The quantitative estimate of drug-likeness (QED) is 0.819. The van der Waals surface area contributed by atoms with Crippen LogP contribution in [-0.4, -0.2) is 11.5 Å². The fraction of sp³-hybridized carbons (Fsp3) is 0.389. The van der Waals surface area contributed by atoms with Crippen LogP contribution >= 0.6 is 0 Å². The molecule has 2 heteroatoms. The van der Waals surface area contributed by atoms with E-state index in [1.807, 2.05) is 12.4 Å². The van der Waals surface area contributed by atoms with Gasteiger partial charge in [-0.3, -0.25) is 4.98 Å². The number of aryl methyl sites for hydroxylation is 2. The lowest BCUT2D eigenvalue weighted by Crippen LogP contribution is -2.21. The number of nitrogens with one attached hydrogen (secondary N) is 1. The first-order chi connectivity index (χ1) is 9.79. The molecule has 0 amide bonds. The summed E-state index contributed by atoms with van der Waals surface area (Å²) in [6, 6.07) is 13.4. The van der Waals surface area contributed by atoms with Gasteiger partial charge in [-0.15, -0.1) is 0 Å². The van der Waals surface area contributed by atoms with Crippen molar-refractivity contribution in [3.8, 4) is 0 Å². The normalized spacial score (nSPS) is 12.3. The molecule has 1 aromatic heterocycles. The van der Waals surface area contributed by atoms with Gasteiger partial charge < -0.3 is 5.32 Å². The second-order valence-corrected chi connectivity index (χ2v) is 5.28. The highest BCUT2D eigenvalue weighted by Crippen LogP contribution is 2.20. The molecule has 0 fully saturated rings. The Morgan fingerprint density at radius 2 is 1.95 bits per heavy atom. The number of benzene rings is 1. The van der Waals surface area contributed by atoms with Gasteiger partial charge in [0.1, 0.15) is 0 Å². The Bertz CT molecular complexity index is 508. The van der Waals surface area contributed by atoms with Crippen LogP contribution in [-0.2, 0) is 6.42 Å². The molecule has 0 aliphatic rings. The molecule has 1 N–H and O–H groups in total. The molecular weight excluding hydrogens is 244 g/mol. The maximum atomic E-state index is 4.31. The second-order valence-electron chi connectivity index (χ2n) is 5.28. The van der Waals surface area contributed by atoms with Crippen LogP contribution in [0.2, 0.25) is 0 Å². The number of rotatable bonds is 7. The van der Waals surface area contributed by atoms with Crippen LogP contribution in [0.1, 0.15) is 42.5 Å². The Morgan fingerprint density at radius 3 is 2.65 bits per heavy atom. The third-order valence-electron chi connectivity index (χ3n) is 3.55. The summed E-state index contributed by atoms with van der Waals surface area (Å²) in [7, 11) is 0. The summed E-state index contributed by atoms with van der Waals surface area (Å²) in [5.41, 5.74) is 3.96. The van der Waals surface area contributed by atoms with Crippen molar-refractivity contribution in [2.45, 2.75) is 39.2 Å². The van der Waals surface area contributed by atoms with Crippen LogP contribution < -0.4 is 5.32 Å². The Hall–Kier alpha value is -1.67. The fourth-order valence-corrected chi connectivity index (χ4v) is 2.56. The van der Waals surface area contributed by atoms with Gasteiger partial charge in [-0.25, -0.2) is 0 Å². The smallest absolute Gasteiger partial charge is 0.0335 e. The average molecular weight is 268 g/mol. The first-order valence-corrected chi connectivity index (χ1v) is 7.48. The van der Waals surface area contributed by atoms with Crippen molar-refractivity contribution in [3.63, 3.8) is 0 Å². The van der Waals surface area contributed by atoms with Gasteiger partial charge in [-0.05, 0) is 49.4 Å². The van der Waals surface area contributed by atoms with Crippen molar-refractivity contribution in [1.29, 1.82) is 0 Å². The summed E-state index contributed by atoms with van der Waals surface area (Å²) >= 11 is 0. The van der Waals surface area contributed by atoms with Crippen LogP contribution in [0.25, 0.3) is 0 Å². The van der Waals surface area contributed by atoms with Crippen molar-refractivity contribution < 1.29 is 0 Å². The molecule has 20 heavy (non-hydrogen) atoms. The van der Waals surface area contributed by atoms with Gasteiger partial charge in [0, 0.05) is 18.4 Å². The van der Waals surface area contributed by atoms with Crippen molar-refractivity contribution in [2.75, 3.05) is 6.54 Å². The van der Waals surface area contributed by atoms with Crippen molar-refractivity contribution in [1.82, 2.24) is 10.3 Å². The maximum absolute atomic E-state index is 4.31. The summed E-state index contributed by atoms with van der Waals surface area (Å²) in [6.07, 6.45) is 7.38. The molecule has 0 bridgehead atoms. The molecule has 2 rings (SSSR count). The van der Waals surface area contributed by atoms with Gasteiger partial charge in [0.25, 0.3) is 0 Å².